The van der Waals surface area contributed by atoms with Crippen molar-refractivity contribution in [3.05, 3.63) is 77.4 Å². The summed E-state index contributed by atoms with van der Waals surface area (Å²) >= 11 is 0. The summed E-state index contributed by atoms with van der Waals surface area (Å²) in [6, 6.07) is 16.7. The van der Waals surface area contributed by atoms with Crippen LogP contribution in [0.4, 0.5) is 0 Å². The highest BCUT2D eigenvalue weighted by atomic mass is 32.2. The molecule has 0 N–H and O–H groups in total. The Bertz CT molecular complexity index is 1180. The Hall–Kier alpha value is -2.17. The molecule has 1 aliphatic rings. The Morgan fingerprint density at radius 1 is 1.06 bits per heavy atom. The van der Waals surface area contributed by atoms with Gasteiger partial charge < -0.3 is 4.43 Å². The van der Waals surface area contributed by atoms with Gasteiger partial charge in [0.2, 0.25) is 10.0 Å². The fraction of sp³-hybridized carbons (Fsp3) is 0.448. The predicted molar refractivity (Wildman–Crippen MR) is 147 cm³/mol. The monoisotopic (exact) mass is 509 g/mol. The first-order chi connectivity index (χ1) is 16.4. The number of nitrogens with zero attached hydrogens (tertiary/aromatic N) is 1. The van der Waals surface area contributed by atoms with E-state index in [1.165, 1.54) is 4.31 Å². The van der Waals surface area contributed by atoms with Crippen LogP contribution in [-0.2, 0) is 14.4 Å². The number of hydrogen-bond donors (Lipinski definition) is 0. The van der Waals surface area contributed by atoms with Crippen LogP contribution in [0.2, 0.25) is 18.1 Å². The molecular weight excluding hydrogens is 470 g/mol. The largest absolute Gasteiger partial charge is 0.410 e. The molecule has 0 heterocycles. The second-order valence-corrected chi connectivity index (χ2v) is 17.5. The van der Waals surface area contributed by atoms with Crippen molar-refractivity contribution in [2.45, 2.75) is 76.1 Å². The van der Waals surface area contributed by atoms with Crippen LogP contribution >= 0.6 is 0 Å². The van der Waals surface area contributed by atoms with Crippen molar-refractivity contribution in [1.82, 2.24) is 4.31 Å². The van der Waals surface area contributed by atoms with Gasteiger partial charge >= 0.3 is 0 Å². The van der Waals surface area contributed by atoms with Crippen molar-refractivity contribution >= 4 is 18.3 Å². The summed E-state index contributed by atoms with van der Waals surface area (Å²) in [5.74, 6) is 6.22. The van der Waals surface area contributed by atoms with Gasteiger partial charge in [-0.1, -0.05) is 74.6 Å². The van der Waals surface area contributed by atoms with Crippen LogP contribution < -0.4 is 0 Å². The summed E-state index contributed by atoms with van der Waals surface area (Å²) in [7, 11) is -5.73. The molecule has 188 valence electrons. The Labute approximate surface area is 213 Å². The normalized spacial score (nSPS) is 17.0. The van der Waals surface area contributed by atoms with E-state index in [1.807, 2.05) is 49.4 Å². The van der Waals surface area contributed by atoms with Gasteiger partial charge in [-0.25, -0.2) is 8.42 Å². The van der Waals surface area contributed by atoms with Crippen LogP contribution in [0, 0.1) is 18.8 Å². The minimum atomic E-state index is -3.72. The smallest absolute Gasteiger partial charge is 0.244 e. The van der Waals surface area contributed by atoms with Gasteiger partial charge in [0.25, 0.3) is 0 Å². The molecule has 0 radical (unpaired) electrons. The SMILES string of the molecule is Cc1ccc(S(=O)(=O)N(CC#Cc2ccccc2)CC2=CCCCC2O[Si](C)(C)C(C)(C)C)cc1. The lowest BCUT2D eigenvalue weighted by molar-refractivity contribution is 0.188. The lowest BCUT2D eigenvalue weighted by atomic mass is 9.96. The van der Waals surface area contributed by atoms with Crippen LogP contribution in [0.25, 0.3) is 0 Å². The topological polar surface area (TPSA) is 46.6 Å². The molecule has 2 aromatic rings. The standard InChI is InChI=1S/C29H39NO3SSi/c1-24-18-20-27(21-19-24)34(31,32)30(22-12-15-25-13-8-7-9-14-25)23-26-16-10-11-17-28(26)33-35(5,6)29(2,3)4/h7-9,13-14,16,18-21,28H,10-11,17,22-23H2,1-6H3. The van der Waals surface area contributed by atoms with Crippen molar-refractivity contribution in [3.8, 4) is 11.8 Å². The fourth-order valence-corrected chi connectivity index (χ4v) is 6.45. The molecule has 6 heteroatoms. The van der Waals surface area contributed by atoms with E-state index >= 15 is 0 Å². The molecule has 0 saturated heterocycles. The van der Waals surface area contributed by atoms with Gasteiger partial charge in [0.1, 0.15) is 0 Å². The third-order valence-electron chi connectivity index (χ3n) is 7.01. The molecule has 1 aliphatic carbocycles. The zero-order chi connectivity index (χ0) is 25.7. The Morgan fingerprint density at radius 3 is 2.34 bits per heavy atom. The molecule has 0 aliphatic heterocycles. The minimum absolute atomic E-state index is 0.0533. The minimum Gasteiger partial charge on any atom is -0.410 e. The van der Waals surface area contributed by atoms with E-state index < -0.39 is 18.3 Å². The molecule has 0 amide bonds. The highest BCUT2D eigenvalue weighted by Crippen LogP contribution is 2.39. The van der Waals surface area contributed by atoms with Crippen LogP contribution in [0.15, 0.2) is 71.1 Å². The predicted octanol–water partition coefficient (Wildman–Crippen LogP) is 6.54. The highest BCUT2D eigenvalue weighted by Gasteiger charge is 2.40. The van der Waals surface area contributed by atoms with Crippen molar-refractivity contribution in [1.29, 1.82) is 0 Å². The molecule has 2 aromatic carbocycles. The lowest BCUT2D eigenvalue weighted by Crippen LogP contribution is -2.46. The van der Waals surface area contributed by atoms with Gasteiger partial charge in [0.05, 0.1) is 17.5 Å². The maximum absolute atomic E-state index is 13.7. The van der Waals surface area contributed by atoms with Gasteiger partial charge in [0, 0.05) is 12.1 Å². The molecule has 0 saturated carbocycles. The van der Waals surface area contributed by atoms with E-state index in [4.69, 9.17) is 4.43 Å². The number of rotatable bonds is 7. The summed E-state index contributed by atoms with van der Waals surface area (Å²) in [5.41, 5.74) is 2.95. The van der Waals surface area contributed by atoms with Gasteiger partial charge in [-0.3, -0.25) is 0 Å². The van der Waals surface area contributed by atoms with Gasteiger partial charge in [-0.05, 0) is 74.2 Å². The first-order valence-electron chi connectivity index (χ1n) is 12.4. The fourth-order valence-electron chi connectivity index (χ4n) is 3.78. The van der Waals surface area contributed by atoms with Crippen molar-refractivity contribution in [2.75, 3.05) is 13.1 Å². The summed E-state index contributed by atoms with van der Waals surface area (Å²) in [5, 5.41) is 0.0877. The van der Waals surface area contributed by atoms with Crippen LogP contribution in [0.3, 0.4) is 0 Å². The van der Waals surface area contributed by atoms with E-state index in [9.17, 15) is 8.42 Å². The third-order valence-corrected chi connectivity index (χ3v) is 13.3. The van der Waals surface area contributed by atoms with Crippen LogP contribution in [-0.4, -0.2) is 40.2 Å². The van der Waals surface area contributed by atoms with Crippen molar-refractivity contribution in [2.24, 2.45) is 0 Å². The molecule has 0 fully saturated rings. The molecule has 4 nitrogen and oxygen atoms in total. The lowest BCUT2D eigenvalue weighted by Gasteiger charge is -2.41. The average molecular weight is 510 g/mol. The molecule has 1 unspecified atom stereocenters. The molecular formula is C29H39NO3SSi. The third kappa shape index (κ3) is 7.17. The number of sulfonamides is 1. The molecule has 35 heavy (non-hydrogen) atoms. The molecule has 0 bridgehead atoms. The van der Waals surface area contributed by atoms with Crippen molar-refractivity contribution in [3.63, 3.8) is 0 Å². The molecule has 0 aromatic heterocycles. The Kier molecular flexibility index (Phi) is 8.82. The first kappa shape index (κ1) is 27.4. The number of benzene rings is 2. The highest BCUT2D eigenvalue weighted by molar-refractivity contribution is 7.89. The van der Waals surface area contributed by atoms with Gasteiger partial charge in [0.15, 0.2) is 8.32 Å². The van der Waals surface area contributed by atoms with E-state index in [0.29, 0.717) is 11.4 Å². The zero-order valence-electron chi connectivity index (χ0n) is 22.0. The summed E-state index contributed by atoms with van der Waals surface area (Å²) in [6.45, 7) is 13.6. The number of aryl methyl sites for hydroxylation is 1. The van der Waals surface area contributed by atoms with Gasteiger partial charge in [-0.15, -0.1) is 0 Å². The second kappa shape index (κ2) is 11.3. The quantitative estimate of drug-likeness (QED) is 0.242. The molecule has 1 atom stereocenters. The van der Waals surface area contributed by atoms with E-state index in [2.05, 4.69) is 51.8 Å². The molecule has 0 spiro atoms. The van der Waals surface area contributed by atoms with Crippen molar-refractivity contribution < 1.29 is 12.8 Å². The Morgan fingerprint density at radius 2 is 1.71 bits per heavy atom. The summed E-state index contributed by atoms with van der Waals surface area (Å²) < 4.78 is 35.7. The van der Waals surface area contributed by atoms with Gasteiger partial charge in [-0.2, -0.15) is 4.31 Å². The summed E-state index contributed by atoms with van der Waals surface area (Å²) in [4.78, 5) is 0.294. The Balaban J connectivity index is 1.91. The maximum atomic E-state index is 13.7. The number of hydrogen-bond acceptors (Lipinski definition) is 3. The average Bonchev–Trinajstić information content (AvgIpc) is 2.79. The van der Waals surface area contributed by atoms with E-state index in [-0.39, 0.29) is 17.7 Å². The second-order valence-electron chi connectivity index (χ2n) is 10.8. The molecule has 3 rings (SSSR count). The number of allylic oxidation sites excluding steroid dienone is 1. The first-order valence-corrected chi connectivity index (χ1v) is 16.7. The van der Waals surface area contributed by atoms with Crippen LogP contribution in [0.5, 0.6) is 0 Å². The van der Waals surface area contributed by atoms with E-state index in [0.717, 1.165) is 36.0 Å². The van der Waals surface area contributed by atoms with Crippen LogP contribution in [0.1, 0.15) is 51.2 Å². The maximum Gasteiger partial charge on any atom is 0.244 e. The summed E-state index contributed by atoms with van der Waals surface area (Å²) in [6.07, 6.45) is 5.06. The van der Waals surface area contributed by atoms with E-state index in [1.54, 1.807) is 12.1 Å². The zero-order valence-corrected chi connectivity index (χ0v) is 23.8.